The maximum atomic E-state index is 13.0. The van der Waals surface area contributed by atoms with Crippen molar-refractivity contribution in [2.45, 2.75) is 38.1 Å². The molecule has 162 valence electrons. The van der Waals surface area contributed by atoms with Crippen molar-refractivity contribution in [3.05, 3.63) is 71.6 Å². The predicted octanol–water partition coefficient (Wildman–Crippen LogP) is 4.44. The summed E-state index contributed by atoms with van der Waals surface area (Å²) in [4.78, 5) is 26.7. The molecule has 5 nitrogen and oxygen atoms in total. The molecule has 0 aromatic heterocycles. The van der Waals surface area contributed by atoms with Gasteiger partial charge in [0.15, 0.2) is 5.11 Å². The van der Waals surface area contributed by atoms with E-state index in [2.05, 4.69) is 10.6 Å². The predicted molar refractivity (Wildman–Crippen MR) is 125 cm³/mol. The summed E-state index contributed by atoms with van der Waals surface area (Å²) in [6, 6.07) is 13.2. The summed E-state index contributed by atoms with van der Waals surface area (Å²) in [5.41, 5.74) is 1.82. The van der Waals surface area contributed by atoms with Crippen LogP contribution in [0.5, 0.6) is 0 Å². The standard InChI is InChI=1S/C24H26FN3O2S/c1-28(24(31)27-22(29)16-13-17-11-14-18(25)15-12-17)21-10-6-5-9-20(21)23(30)26-19-7-3-2-4-8-19/h5-6,9-16,19H,2-4,7-8H2,1H3,(H,26,30)(H,27,29,31). The van der Waals surface area contributed by atoms with Crippen molar-refractivity contribution in [2.24, 2.45) is 0 Å². The molecule has 0 atom stereocenters. The van der Waals surface area contributed by atoms with Crippen molar-refractivity contribution in [1.82, 2.24) is 10.6 Å². The molecule has 1 aliphatic rings. The van der Waals surface area contributed by atoms with E-state index < -0.39 is 5.91 Å². The number of nitrogens with one attached hydrogen (secondary N) is 2. The number of carbonyl (C=O) groups is 2. The van der Waals surface area contributed by atoms with Crippen LogP contribution in [-0.4, -0.2) is 30.0 Å². The fourth-order valence-corrected chi connectivity index (χ4v) is 3.75. The van der Waals surface area contributed by atoms with Gasteiger partial charge in [0, 0.05) is 19.2 Å². The van der Waals surface area contributed by atoms with Gasteiger partial charge in [-0.2, -0.15) is 0 Å². The van der Waals surface area contributed by atoms with Gasteiger partial charge in [0.1, 0.15) is 5.82 Å². The molecule has 0 spiro atoms. The molecule has 0 bridgehead atoms. The first-order valence-electron chi connectivity index (χ1n) is 10.4. The van der Waals surface area contributed by atoms with Crippen LogP contribution in [-0.2, 0) is 4.79 Å². The number of anilines is 1. The highest BCUT2D eigenvalue weighted by Crippen LogP contribution is 2.22. The number of para-hydroxylation sites is 1. The third-order valence-corrected chi connectivity index (χ3v) is 5.66. The van der Waals surface area contributed by atoms with E-state index in [-0.39, 0.29) is 22.9 Å². The minimum Gasteiger partial charge on any atom is -0.349 e. The van der Waals surface area contributed by atoms with Crippen LogP contribution in [0.1, 0.15) is 48.0 Å². The molecule has 0 saturated heterocycles. The summed E-state index contributed by atoms with van der Waals surface area (Å²) in [6.07, 6.45) is 8.38. The zero-order valence-corrected chi connectivity index (χ0v) is 18.3. The first-order valence-corrected chi connectivity index (χ1v) is 10.8. The van der Waals surface area contributed by atoms with E-state index in [0.717, 1.165) is 25.7 Å². The van der Waals surface area contributed by atoms with Crippen LogP contribution in [0.15, 0.2) is 54.6 Å². The molecule has 1 fully saturated rings. The smallest absolute Gasteiger partial charge is 0.253 e. The monoisotopic (exact) mass is 439 g/mol. The second-order valence-electron chi connectivity index (χ2n) is 7.56. The Kier molecular flexibility index (Phi) is 7.89. The van der Waals surface area contributed by atoms with Crippen LogP contribution in [0, 0.1) is 5.82 Å². The van der Waals surface area contributed by atoms with Crippen molar-refractivity contribution in [3.8, 4) is 0 Å². The van der Waals surface area contributed by atoms with Gasteiger partial charge in [-0.05, 0) is 61.0 Å². The van der Waals surface area contributed by atoms with Gasteiger partial charge >= 0.3 is 0 Å². The minimum absolute atomic E-state index is 0.139. The molecule has 1 aliphatic carbocycles. The van der Waals surface area contributed by atoms with E-state index in [1.54, 1.807) is 48.4 Å². The lowest BCUT2D eigenvalue weighted by molar-refractivity contribution is -0.115. The van der Waals surface area contributed by atoms with Crippen molar-refractivity contribution in [2.75, 3.05) is 11.9 Å². The van der Waals surface area contributed by atoms with Gasteiger partial charge in [-0.25, -0.2) is 4.39 Å². The van der Waals surface area contributed by atoms with Crippen molar-refractivity contribution in [1.29, 1.82) is 0 Å². The zero-order valence-electron chi connectivity index (χ0n) is 17.4. The zero-order chi connectivity index (χ0) is 22.2. The number of halogens is 1. The largest absolute Gasteiger partial charge is 0.349 e. The number of hydrogen-bond acceptors (Lipinski definition) is 3. The van der Waals surface area contributed by atoms with E-state index in [4.69, 9.17) is 12.2 Å². The van der Waals surface area contributed by atoms with Gasteiger partial charge in [-0.15, -0.1) is 0 Å². The van der Waals surface area contributed by atoms with Crippen molar-refractivity contribution < 1.29 is 14.0 Å². The third-order valence-electron chi connectivity index (χ3n) is 5.28. The lowest BCUT2D eigenvalue weighted by atomic mass is 9.95. The van der Waals surface area contributed by atoms with E-state index in [1.807, 2.05) is 6.07 Å². The molecule has 2 amide bonds. The quantitative estimate of drug-likeness (QED) is 0.534. The highest BCUT2D eigenvalue weighted by Gasteiger charge is 2.21. The highest BCUT2D eigenvalue weighted by atomic mass is 32.1. The number of nitrogens with zero attached hydrogens (tertiary/aromatic N) is 1. The molecule has 2 aromatic carbocycles. The van der Waals surface area contributed by atoms with Crippen LogP contribution in [0.4, 0.5) is 10.1 Å². The van der Waals surface area contributed by atoms with Crippen LogP contribution in [0.2, 0.25) is 0 Å². The Morgan fingerprint density at radius 1 is 1.06 bits per heavy atom. The van der Waals surface area contributed by atoms with Crippen LogP contribution in [0.3, 0.4) is 0 Å². The van der Waals surface area contributed by atoms with Gasteiger partial charge in [0.05, 0.1) is 11.3 Å². The maximum Gasteiger partial charge on any atom is 0.253 e. The fourth-order valence-electron chi connectivity index (χ4n) is 3.55. The van der Waals surface area contributed by atoms with Crippen molar-refractivity contribution >= 4 is 40.9 Å². The summed E-state index contributed by atoms with van der Waals surface area (Å²) in [5.74, 6) is -0.888. The normalized spacial score (nSPS) is 14.3. The molecule has 3 rings (SSSR count). The van der Waals surface area contributed by atoms with Crippen LogP contribution >= 0.6 is 12.2 Å². The molecule has 31 heavy (non-hydrogen) atoms. The molecule has 0 unspecified atom stereocenters. The molecule has 0 heterocycles. The molecule has 2 aromatic rings. The number of hydrogen-bond donors (Lipinski definition) is 2. The maximum absolute atomic E-state index is 13.0. The molecule has 0 aliphatic heterocycles. The molecular formula is C24H26FN3O2S. The van der Waals surface area contributed by atoms with Gasteiger partial charge in [0.2, 0.25) is 5.91 Å². The van der Waals surface area contributed by atoms with E-state index in [0.29, 0.717) is 16.8 Å². The Morgan fingerprint density at radius 3 is 2.45 bits per heavy atom. The Balaban J connectivity index is 1.64. The third kappa shape index (κ3) is 6.46. The summed E-state index contributed by atoms with van der Waals surface area (Å²) < 4.78 is 13.0. The first-order chi connectivity index (χ1) is 14.9. The number of amides is 2. The van der Waals surface area contributed by atoms with Crippen LogP contribution < -0.4 is 15.5 Å². The topological polar surface area (TPSA) is 61.4 Å². The molecular weight excluding hydrogens is 413 g/mol. The van der Waals surface area contributed by atoms with E-state index in [1.165, 1.54) is 24.6 Å². The lowest BCUT2D eigenvalue weighted by Crippen LogP contribution is -2.41. The Hall–Kier alpha value is -3.06. The van der Waals surface area contributed by atoms with Gasteiger partial charge in [-0.3, -0.25) is 14.9 Å². The number of rotatable bonds is 5. The molecule has 0 radical (unpaired) electrons. The first kappa shape index (κ1) is 22.6. The highest BCUT2D eigenvalue weighted by molar-refractivity contribution is 7.80. The second kappa shape index (κ2) is 10.8. The number of thiocarbonyl (C=S) groups is 1. The fraction of sp³-hybridized carbons (Fsp3) is 0.292. The Bertz CT molecular complexity index is 969. The average Bonchev–Trinajstić information content (AvgIpc) is 2.79. The van der Waals surface area contributed by atoms with Crippen LogP contribution in [0.25, 0.3) is 6.08 Å². The summed E-state index contributed by atoms with van der Waals surface area (Å²) in [7, 11) is 1.71. The van der Waals surface area contributed by atoms with Gasteiger partial charge in [-0.1, -0.05) is 43.5 Å². The van der Waals surface area contributed by atoms with Gasteiger partial charge < -0.3 is 10.2 Å². The van der Waals surface area contributed by atoms with E-state index >= 15 is 0 Å². The van der Waals surface area contributed by atoms with Gasteiger partial charge in [0.25, 0.3) is 5.91 Å². The molecule has 2 N–H and O–H groups in total. The molecule has 7 heteroatoms. The summed E-state index contributed by atoms with van der Waals surface area (Å²) >= 11 is 5.37. The Labute approximate surface area is 187 Å². The average molecular weight is 440 g/mol. The number of carbonyl (C=O) groups excluding carboxylic acids is 2. The minimum atomic E-state index is -0.412. The summed E-state index contributed by atoms with van der Waals surface area (Å²) in [6.45, 7) is 0. The molecule has 1 saturated carbocycles. The lowest BCUT2D eigenvalue weighted by Gasteiger charge is -2.25. The van der Waals surface area contributed by atoms with E-state index in [9.17, 15) is 14.0 Å². The van der Waals surface area contributed by atoms with Crippen molar-refractivity contribution in [3.63, 3.8) is 0 Å². The summed E-state index contributed by atoms with van der Waals surface area (Å²) in [5, 5.41) is 5.92. The second-order valence-corrected chi connectivity index (χ2v) is 7.95. The SMILES string of the molecule is CN(C(=S)NC(=O)C=Cc1ccc(F)cc1)c1ccccc1C(=O)NC1CCCCC1. The Morgan fingerprint density at radius 2 is 1.74 bits per heavy atom. The number of benzene rings is 2.